The Labute approximate surface area is 161 Å². The molecule has 4 nitrogen and oxygen atoms in total. The molecule has 1 unspecified atom stereocenters. The first kappa shape index (κ1) is 19.6. The summed E-state index contributed by atoms with van der Waals surface area (Å²) < 4.78 is 11.6. The number of hydrogen-bond donors (Lipinski definition) is 0. The van der Waals surface area contributed by atoms with Crippen LogP contribution in [0, 0.1) is 0 Å². The molecule has 0 heterocycles. The summed E-state index contributed by atoms with van der Waals surface area (Å²) in [7, 11) is 3.33. The molecule has 0 radical (unpaired) electrons. The van der Waals surface area contributed by atoms with Gasteiger partial charge in [-0.25, -0.2) is 0 Å². The first-order chi connectivity index (χ1) is 11.9. The summed E-state index contributed by atoms with van der Waals surface area (Å²) in [6, 6.07) is 10.8. The molecule has 6 heteroatoms. The van der Waals surface area contributed by atoms with Crippen molar-refractivity contribution < 1.29 is 14.3 Å². The zero-order valence-corrected chi connectivity index (χ0v) is 17.0. The standard InChI is InChI=1S/C19H21BrClNO3/c1-5-25-18-16(20)10-14(11-17(18)24-4)19(23)22(3)12(2)13-6-8-15(21)9-7-13/h6-12H,5H2,1-4H3. The molecule has 1 atom stereocenters. The number of ether oxygens (including phenoxy) is 2. The number of nitrogens with zero attached hydrogens (tertiary/aromatic N) is 1. The molecule has 0 saturated heterocycles. The summed E-state index contributed by atoms with van der Waals surface area (Å²) >= 11 is 9.39. The Bertz CT molecular complexity index is 749. The lowest BCUT2D eigenvalue weighted by molar-refractivity contribution is 0.0742. The first-order valence-electron chi connectivity index (χ1n) is 7.92. The van der Waals surface area contributed by atoms with Crippen LogP contribution in [0.2, 0.25) is 5.02 Å². The van der Waals surface area contributed by atoms with Crippen LogP contribution in [0.5, 0.6) is 11.5 Å². The van der Waals surface area contributed by atoms with Crippen molar-refractivity contribution in [2.75, 3.05) is 20.8 Å². The number of halogens is 2. The summed E-state index contributed by atoms with van der Waals surface area (Å²) in [4.78, 5) is 14.6. The monoisotopic (exact) mass is 425 g/mol. The molecule has 2 aromatic rings. The highest BCUT2D eigenvalue weighted by molar-refractivity contribution is 9.10. The second-order valence-corrected chi connectivity index (χ2v) is 6.86. The van der Waals surface area contributed by atoms with Crippen molar-refractivity contribution in [1.82, 2.24) is 4.90 Å². The van der Waals surface area contributed by atoms with Gasteiger partial charge in [-0.1, -0.05) is 23.7 Å². The van der Waals surface area contributed by atoms with Gasteiger partial charge < -0.3 is 14.4 Å². The molecule has 1 amide bonds. The maximum absolute atomic E-state index is 12.9. The first-order valence-corrected chi connectivity index (χ1v) is 9.09. The van der Waals surface area contributed by atoms with Gasteiger partial charge in [0.25, 0.3) is 5.91 Å². The number of carbonyl (C=O) groups excluding carboxylic acids is 1. The Morgan fingerprint density at radius 1 is 1.28 bits per heavy atom. The van der Waals surface area contributed by atoms with Crippen LogP contribution >= 0.6 is 27.5 Å². The third kappa shape index (κ3) is 4.47. The third-order valence-electron chi connectivity index (χ3n) is 4.02. The van der Waals surface area contributed by atoms with Crippen LogP contribution in [0.15, 0.2) is 40.9 Å². The predicted octanol–water partition coefficient (Wildman–Crippen LogP) is 5.34. The van der Waals surface area contributed by atoms with Crippen LogP contribution in [0.4, 0.5) is 0 Å². The minimum Gasteiger partial charge on any atom is -0.493 e. The van der Waals surface area contributed by atoms with E-state index in [1.54, 1.807) is 31.2 Å². The van der Waals surface area contributed by atoms with Gasteiger partial charge in [0.2, 0.25) is 0 Å². The van der Waals surface area contributed by atoms with Gasteiger partial charge in [0, 0.05) is 17.6 Å². The van der Waals surface area contributed by atoms with E-state index in [0.717, 1.165) is 5.56 Å². The van der Waals surface area contributed by atoms with Gasteiger partial charge in [0.05, 0.1) is 24.2 Å². The topological polar surface area (TPSA) is 38.8 Å². The van der Waals surface area contributed by atoms with Crippen LogP contribution in [-0.4, -0.2) is 31.6 Å². The van der Waals surface area contributed by atoms with Crippen molar-refractivity contribution in [1.29, 1.82) is 0 Å². The molecule has 25 heavy (non-hydrogen) atoms. The SMILES string of the molecule is CCOc1c(Br)cc(C(=O)N(C)C(C)c2ccc(Cl)cc2)cc1OC. The van der Waals surface area contributed by atoms with Gasteiger partial charge in [-0.2, -0.15) is 0 Å². The highest BCUT2D eigenvalue weighted by Gasteiger charge is 2.22. The molecule has 0 bridgehead atoms. The molecule has 0 spiro atoms. The van der Waals surface area contributed by atoms with Gasteiger partial charge >= 0.3 is 0 Å². The van der Waals surface area contributed by atoms with E-state index in [1.165, 1.54) is 0 Å². The van der Waals surface area contributed by atoms with E-state index < -0.39 is 0 Å². The second kappa shape index (κ2) is 8.59. The smallest absolute Gasteiger partial charge is 0.254 e. The zero-order chi connectivity index (χ0) is 18.6. The Balaban J connectivity index is 2.29. The zero-order valence-electron chi connectivity index (χ0n) is 14.7. The quantitative estimate of drug-likeness (QED) is 0.625. The van der Waals surface area contributed by atoms with Gasteiger partial charge in [-0.15, -0.1) is 0 Å². The van der Waals surface area contributed by atoms with Gasteiger partial charge in [0.15, 0.2) is 11.5 Å². The van der Waals surface area contributed by atoms with Crippen LogP contribution < -0.4 is 9.47 Å². The molecule has 0 aliphatic rings. The van der Waals surface area contributed by atoms with Crippen molar-refractivity contribution in [3.63, 3.8) is 0 Å². The van der Waals surface area contributed by atoms with E-state index in [1.807, 2.05) is 38.1 Å². The fraction of sp³-hybridized carbons (Fsp3) is 0.316. The summed E-state index contributed by atoms with van der Waals surface area (Å²) in [5, 5.41) is 0.671. The number of carbonyl (C=O) groups is 1. The van der Waals surface area contributed by atoms with Crippen LogP contribution in [0.3, 0.4) is 0 Å². The largest absolute Gasteiger partial charge is 0.493 e. The van der Waals surface area contributed by atoms with Crippen molar-refractivity contribution in [3.05, 3.63) is 57.0 Å². The van der Waals surface area contributed by atoms with Crippen molar-refractivity contribution in [3.8, 4) is 11.5 Å². The number of methoxy groups -OCH3 is 1. The summed E-state index contributed by atoms with van der Waals surface area (Å²) in [6.45, 7) is 4.38. The van der Waals surface area contributed by atoms with Crippen LogP contribution in [0.25, 0.3) is 0 Å². The van der Waals surface area contributed by atoms with Crippen molar-refractivity contribution in [2.24, 2.45) is 0 Å². The number of benzene rings is 2. The molecule has 0 saturated carbocycles. The predicted molar refractivity (Wildman–Crippen MR) is 104 cm³/mol. The van der Waals surface area contributed by atoms with E-state index in [2.05, 4.69) is 15.9 Å². The molecule has 2 rings (SSSR count). The van der Waals surface area contributed by atoms with Gasteiger partial charge in [0.1, 0.15) is 0 Å². The van der Waals surface area contributed by atoms with E-state index in [-0.39, 0.29) is 11.9 Å². The molecule has 0 aliphatic carbocycles. The molecular formula is C19H21BrClNO3. The van der Waals surface area contributed by atoms with Gasteiger partial charge in [-0.3, -0.25) is 4.79 Å². The van der Waals surface area contributed by atoms with Crippen molar-refractivity contribution >= 4 is 33.4 Å². The minimum atomic E-state index is -0.107. The Morgan fingerprint density at radius 3 is 2.48 bits per heavy atom. The molecule has 2 aromatic carbocycles. The fourth-order valence-electron chi connectivity index (χ4n) is 2.47. The van der Waals surface area contributed by atoms with E-state index >= 15 is 0 Å². The number of hydrogen-bond acceptors (Lipinski definition) is 3. The average molecular weight is 427 g/mol. The second-order valence-electron chi connectivity index (χ2n) is 5.57. The lowest BCUT2D eigenvalue weighted by Gasteiger charge is -2.26. The minimum absolute atomic E-state index is 0.0962. The Kier molecular flexibility index (Phi) is 6.73. The number of amides is 1. The normalized spacial score (nSPS) is 11.8. The van der Waals surface area contributed by atoms with E-state index in [4.69, 9.17) is 21.1 Å². The maximum Gasteiger partial charge on any atom is 0.254 e. The van der Waals surface area contributed by atoms with Crippen molar-refractivity contribution in [2.45, 2.75) is 19.9 Å². The molecule has 0 fully saturated rings. The molecule has 0 N–H and O–H groups in total. The highest BCUT2D eigenvalue weighted by atomic mass is 79.9. The lowest BCUT2D eigenvalue weighted by atomic mass is 10.1. The lowest BCUT2D eigenvalue weighted by Crippen LogP contribution is -2.29. The average Bonchev–Trinajstić information content (AvgIpc) is 2.62. The molecule has 0 aromatic heterocycles. The van der Waals surface area contributed by atoms with Gasteiger partial charge in [-0.05, 0) is 59.6 Å². The summed E-state index contributed by atoms with van der Waals surface area (Å²) in [5.41, 5.74) is 1.53. The molecular weight excluding hydrogens is 406 g/mol. The third-order valence-corrected chi connectivity index (χ3v) is 4.86. The Morgan fingerprint density at radius 2 is 1.92 bits per heavy atom. The molecule has 134 valence electrons. The summed E-state index contributed by atoms with van der Waals surface area (Å²) in [6.07, 6.45) is 0. The number of rotatable bonds is 6. The molecule has 0 aliphatic heterocycles. The van der Waals surface area contributed by atoms with Crippen LogP contribution in [-0.2, 0) is 0 Å². The fourth-order valence-corrected chi connectivity index (χ4v) is 3.15. The highest BCUT2D eigenvalue weighted by Crippen LogP contribution is 2.37. The van der Waals surface area contributed by atoms with E-state index in [0.29, 0.717) is 33.2 Å². The maximum atomic E-state index is 12.9. The van der Waals surface area contributed by atoms with E-state index in [9.17, 15) is 4.79 Å². The Hall–Kier alpha value is -1.72. The summed E-state index contributed by atoms with van der Waals surface area (Å²) in [5.74, 6) is 1.01. The van der Waals surface area contributed by atoms with Crippen LogP contribution in [0.1, 0.15) is 35.8 Å².